The van der Waals surface area contributed by atoms with Crippen LogP contribution >= 0.6 is 0 Å². The molecule has 4 heteroatoms. The molecule has 0 unspecified atom stereocenters. The Labute approximate surface area is 96.0 Å². The highest BCUT2D eigenvalue weighted by atomic mass is 16.5. The van der Waals surface area contributed by atoms with Gasteiger partial charge in [-0.3, -0.25) is 9.78 Å². The Hall–Kier alpha value is -1.42. The fourth-order valence-corrected chi connectivity index (χ4v) is 1.29. The predicted octanol–water partition coefficient (Wildman–Crippen LogP) is 1.43. The third-order valence-corrected chi connectivity index (χ3v) is 2.05. The molecule has 1 heterocycles. The van der Waals surface area contributed by atoms with Gasteiger partial charge in [0.15, 0.2) is 0 Å². The first-order chi connectivity index (χ1) is 7.59. The largest absolute Gasteiger partial charge is 0.462 e. The summed E-state index contributed by atoms with van der Waals surface area (Å²) in [5.41, 5.74) is 2.08. The number of aryl methyl sites for hydroxylation is 1. The van der Waals surface area contributed by atoms with Crippen molar-refractivity contribution in [3.05, 3.63) is 29.6 Å². The maximum Gasteiger partial charge on any atom is 0.320 e. The van der Waals surface area contributed by atoms with Crippen molar-refractivity contribution >= 4 is 5.97 Å². The zero-order chi connectivity index (χ0) is 12.0. The summed E-state index contributed by atoms with van der Waals surface area (Å²) in [6.45, 7) is 6.46. The van der Waals surface area contributed by atoms with E-state index in [4.69, 9.17) is 4.74 Å². The second kappa shape index (κ2) is 6.23. The standard InChI is InChI=1S/C12H18N2O2/c1-9(2)16-12(15)8-13-7-11-10(3)5-4-6-14-11/h4-6,9,13H,7-8H2,1-3H3. The van der Waals surface area contributed by atoms with Gasteiger partial charge < -0.3 is 10.1 Å². The van der Waals surface area contributed by atoms with Crippen LogP contribution in [0, 0.1) is 6.92 Å². The van der Waals surface area contributed by atoms with Gasteiger partial charge in [-0.25, -0.2) is 0 Å². The van der Waals surface area contributed by atoms with Crippen LogP contribution in [0.1, 0.15) is 25.1 Å². The minimum Gasteiger partial charge on any atom is -0.462 e. The summed E-state index contributed by atoms with van der Waals surface area (Å²) in [5, 5.41) is 3.01. The number of aromatic nitrogens is 1. The van der Waals surface area contributed by atoms with Crippen molar-refractivity contribution in [3.8, 4) is 0 Å². The molecule has 0 amide bonds. The van der Waals surface area contributed by atoms with Crippen LogP contribution in [0.3, 0.4) is 0 Å². The first-order valence-electron chi connectivity index (χ1n) is 5.40. The molecule has 0 aliphatic rings. The molecule has 88 valence electrons. The van der Waals surface area contributed by atoms with Gasteiger partial charge in [-0.2, -0.15) is 0 Å². The number of carbonyl (C=O) groups is 1. The molecule has 0 aliphatic heterocycles. The van der Waals surface area contributed by atoms with Crippen LogP contribution in [-0.2, 0) is 16.1 Å². The molecule has 1 N–H and O–H groups in total. The fourth-order valence-electron chi connectivity index (χ4n) is 1.29. The molecular formula is C12H18N2O2. The first-order valence-corrected chi connectivity index (χ1v) is 5.40. The number of hydrogen-bond donors (Lipinski definition) is 1. The van der Waals surface area contributed by atoms with E-state index in [0.717, 1.165) is 11.3 Å². The highest BCUT2D eigenvalue weighted by Crippen LogP contribution is 2.01. The van der Waals surface area contributed by atoms with Crippen molar-refractivity contribution in [2.75, 3.05) is 6.54 Å². The molecule has 0 aromatic carbocycles. The van der Waals surface area contributed by atoms with Crippen molar-refractivity contribution in [1.29, 1.82) is 0 Å². The molecule has 16 heavy (non-hydrogen) atoms. The van der Waals surface area contributed by atoms with Crippen LogP contribution in [-0.4, -0.2) is 23.6 Å². The van der Waals surface area contributed by atoms with Crippen LogP contribution in [0.4, 0.5) is 0 Å². The predicted molar refractivity (Wildman–Crippen MR) is 61.9 cm³/mol. The number of ether oxygens (including phenoxy) is 1. The Morgan fingerprint density at radius 2 is 2.31 bits per heavy atom. The van der Waals surface area contributed by atoms with E-state index in [1.54, 1.807) is 6.20 Å². The Balaban J connectivity index is 2.31. The summed E-state index contributed by atoms with van der Waals surface area (Å²) in [6, 6.07) is 3.89. The Morgan fingerprint density at radius 1 is 1.56 bits per heavy atom. The number of pyridine rings is 1. The highest BCUT2D eigenvalue weighted by molar-refractivity contribution is 5.71. The summed E-state index contributed by atoms with van der Waals surface area (Å²) in [6.07, 6.45) is 1.68. The second-order valence-electron chi connectivity index (χ2n) is 3.91. The molecule has 0 aliphatic carbocycles. The zero-order valence-corrected chi connectivity index (χ0v) is 9.99. The van der Waals surface area contributed by atoms with Crippen molar-refractivity contribution in [2.24, 2.45) is 0 Å². The number of nitrogens with one attached hydrogen (secondary N) is 1. The maximum absolute atomic E-state index is 11.2. The average molecular weight is 222 g/mol. The lowest BCUT2D eigenvalue weighted by molar-refractivity contribution is -0.146. The molecular weight excluding hydrogens is 204 g/mol. The highest BCUT2D eigenvalue weighted by Gasteiger charge is 2.05. The number of rotatable bonds is 5. The topological polar surface area (TPSA) is 51.2 Å². The van der Waals surface area contributed by atoms with Gasteiger partial charge in [0.05, 0.1) is 18.3 Å². The lowest BCUT2D eigenvalue weighted by Gasteiger charge is -2.09. The molecule has 0 atom stereocenters. The van der Waals surface area contributed by atoms with Gasteiger partial charge in [0.1, 0.15) is 0 Å². The number of nitrogens with zero attached hydrogens (tertiary/aromatic N) is 1. The van der Waals surface area contributed by atoms with Gasteiger partial charge in [-0.1, -0.05) is 6.07 Å². The van der Waals surface area contributed by atoms with Crippen LogP contribution in [0.15, 0.2) is 18.3 Å². The molecule has 4 nitrogen and oxygen atoms in total. The Bertz CT molecular complexity index is 351. The number of hydrogen-bond acceptors (Lipinski definition) is 4. The first kappa shape index (κ1) is 12.6. The average Bonchev–Trinajstić information content (AvgIpc) is 2.19. The third kappa shape index (κ3) is 4.40. The summed E-state index contributed by atoms with van der Waals surface area (Å²) in [5.74, 6) is -0.233. The lowest BCUT2D eigenvalue weighted by atomic mass is 10.2. The quantitative estimate of drug-likeness (QED) is 0.766. The van der Waals surface area contributed by atoms with Crippen molar-refractivity contribution in [2.45, 2.75) is 33.4 Å². The van der Waals surface area contributed by atoms with Gasteiger partial charge in [0, 0.05) is 12.7 Å². The van der Waals surface area contributed by atoms with Gasteiger partial charge >= 0.3 is 5.97 Å². The van der Waals surface area contributed by atoms with Crippen LogP contribution < -0.4 is 5.32 Å². The number of carbonyl (C=O) groups excluding carboxylic acids is 1. The van der Waals surface area contributed by atoms with E-state index in [1.807, 2.05) is 32.9 Å². The fraction of sp³-hybridized carbons (Fsp3) is 0.500. The zero-order valence-electron chi connectivity index (χ0n) is 9.99. The summed E-state index contributed by atoms with van der Waals surface area (Å²) >= 11 is 0. The van der Waals surface area contributed by atoms with Gasteiger partial charge in [-0.15, -0.1) is 0 Å². The molecule has 1 aromatic rings. The normalized spacial score (nSPS) is 10.5. The van der Waals surface area contributed by atoms with Gasteiger partial charge in [0.2, 0.25) is 0 Å². The summed E-state index contributed by atoms with van der Waals surface area (Å²) in [7, 11) is 0. The van der Waals surface area contributed by atoms with E-state index in [0.29, 0.717) is 6.54 Å². The number of esters is 1. The van der Waals surface area contributed by atoms with E-state index in [-0.39, 0.29) is 18.6 Å². The monoisotopic (exact) mass is 222 g/mol. The molecule has 0 fully saturated rings. The van der Waals surface area contributed by atoms with Gasteiger partial charge in [0.25, 0.3) is 0 Å². The van der Waals surface area contributed by atoms with Crippen molar-refractivity contribution in [3.63, 3.8) is 0 Å². The second-order valence-corrected chi connectivity index (χ2v) is 3.91. The van der Waals surface area contributed by atoms with E-state index in [2.05, 4.69) is 10.3 Å². The maximum atomic E-state index is 11.2. The third-order valence-electron chi connectivity index (χ3n) is 2.05. The summed E-state index contributed by atoms with van der Waals surface area (Å²) in [4.78, 5) is 15.4. The minimum atomic E-state index is -0.233. The molecule has 0 bridgehead atoms. The van der Waals surface area contributed by atoms with E-state index in [1.165, 1.54) is 0 Å². The molecule has 0 saturated carbocycles. The molecule has 0 saturated heterocycles. The minimum absolute atomic E-state index is 0.0640. The molecule has 1 rings (SSSR count). The summed E-state index contributed by atoms with van der Waals surface area (Å²) < 4.78 is 5.00. The van der Waals surface area contributed by atoms with E-state index in [9.17, 15) is 4.79 Å². The van der Waals surface area contributed by atoms with Crippen LogP contribution in [0.5, 0.6) is 0 Å². The molecule has 0 radical (unpaired) electrons. The van der Waals surface area contributed by atoms with Crippen molar-refractivity contribution < 1.29 is 9.53 Å². The SMILES string of the molecule is Cc1cccnc1CNCC(=O)OC(C)C. The Kier molecular flexibility index (Phi) is 4.92. The molecule has 1 aromatic heterocycles. The van der Waals surface area contributed by atoms with Crippen LogP contribution in [0.2, 0.25) is 0 Å². The van der Waals surface area contributed by atoms with E-state index >= 15 is 0 Å². The lowest BCUT2D eigenvalue weighted by Crippen LogP contribution is -2.26. The van der Waals surface area contributed by atoms with E-state index < -0.39 is 0 Å². The van der Waals surface area contributed by atoms with Gasteiger partial charge in [-0.05, 0) is 32.4 Å². The Morgan fingerprint density at radius 3 is 2.94 bits per heavy atom. The van der Waals surface area contributed by atoms with Crippen molar-refractivity contribution in [1.82, 2.24) is 10.3 Å². The molecule has 0 spiro atoms. The smallest absolute Gasteiger partial charge is 0.320 e. The van der Waals surface area contributed by atoms with Crippen LogP contribution in [0.25, 0.3) is 0 Å².